The van der Waals surface area contributed by atoms with E-state index in [9.17, 15) is 4.79 Å². The Balaban J connectivity index is 2.22. The van der Waals surface area contributed by atoms with Gasteiger partial charge in [-0.3, -0.25) is 10.1 Å². The first-order valence-electron chi connectivity index (χ1n) is 4.73. The molecule has 0 aliphatic heterocycles. The molecule has 1 N–H and O–H groups in total. The van der Waals surface area contributed by atoms with Crippen LogP contribution in [0.2, 0.25) is 10.4 Å². The van der Waals surface area contributed by atoms with E-state index in [0.29, 0.717) is 0 Å². The standard InChI is InChI=1S/C10H7Cl2N3O3/c1-17-7-4-6(11)13-10(14-7)15-9(16)5-2-3-18-8(5)12/h2-4H,1H3,(H,13,14,15,16). The van der Waals surface area contributed by atoms with E-state index in [1.54, 1.807) is 0 Å². The molecule has 0 radical (unpaired) electrons. The number of nitrogens with one attached hydrogen (secondary N) is 1. The number of methoxy groups -OCH3 is 1. The van der Waals surface area contributed by atoms with Crippen LogP contribution in [0.1, 0.15) is 10.4 Å². The van der Waals surface area contributed by atoms with Gasteiger partial charge in [0, 0.05) is 6.07 Å². The molecule has 0 aromatic carbocycles. The monoisotopic (exact) mass is 287 g/mol. The number of ether oxygens (including phenoxy) is 1. The fourth-order valence-electron chi connectivity index (χ4n) is 1.18. The molecule has 2 rings (SSSR count). The Morgan fingerprint density at radius 3 is 2.83 bits per heavy atom. The van der Waals surface area contributed by atoms with Crippen molar-refractivity contribution in [2.45, 2.75) is 0 Å². The van der Waals surface area contributed by atoms with Crippen LogP contribution in [0.3, 0.4) is 0 Å². The van der Waals surface area contributed by atoms with Gasteiger partial charge in [-0.15, -0.1) is 0 Å². The molecular weight excluding hydrogens is 281 g/mol. The van der Waals surface area contributed by atoms with Crippen molar-refractivity contribution in [3.8, 4) is 5.88 Å². The second-order valence-corrected chi connectivity index (χ2v) is 3.85. The van der Waals surface area contributed by atoms with E-state index in [4.69, 9.17) is 32.4 Å². The molecule has 0 saturated carbocycles. The molecule has 2 heterocycles. The summed E-state index contributed by atoms with van der Waals surface area (Å²) >= 11 is 11.4. The Kier molecular flexibility index (Phi) is 3.69. The molecule has 0 fully saturated rings. The minimum Gasteiger partial charge on any atom is -0.481 e. The maximum absolute atomic E-state index is 11.8. The van der Waals surface area contributed by atoms with Gasteiger partial charge in [0.25, 0.3) is 5.91 Å². The maximum atomic E-state index is 11.8. The summed E-state index contributed by atoms with van der Waals surface area (Å²) in [6.07, 6.45) is 1.30. The molecule has 2 aromatic heterocycles. The molecule has 0 atom stereocenters. The molecule has 0 spiro atoms. The number of anilines is 1. The molecule has 2 aromatic rings. The predicted octanol–water partition coefficient (Wildman–Crippen LogP) is 2.64. The molecule has 0 bridgehead atoms. The van der Waals surface area contributed by atoms with Crippen molar-refractivity contribution >= 4 is 35.1 Å². The molecule has 8 heteroatoms. The lowest BCUT2D eigenvalue weighted by atomic mass is 10.3. The summed E-state index contributed by atoms with van der Waals surface area (Å²) in [4.78, 5) is 19.5. The zero-order valence-electron chi connectivity index (χ0n) is 9.11. The van der Waals surface area contributed by atoms with Crippen LogP contribution in [0.5, 0.6) is 5.88 Å². The van der Waals surface area contributed by atoms with Crippen molar-refractivity contribution in [3.63, 3.8) is 0 Å². The van der Waals surface area contributed by atoms with Crippen molar-refractivity contribution in [3.05, 3.63) is 34.3 Å². The van der Waals surface area contributed by atoms with Gasteiger partial charge in [-0.1, -0.05) is 11.6 Å². The summed E-state index contributed by atoms with van der Waals surface area (Å²) in [6, 6.07) is 2.85. The lowest BCUT2D eigenvalue weighted by Gasteiger charge is -2.04. The predicted molar refractivity (Wildman–Crippen MR) is 65.3 cm³/mol. The van der Waals surface area contributed by atoms with Crippen molar-refractivity contribution in [1.29, 1.82) is 0 Å². The largest absolute Gasteiger partial charge is 0.481 e. The molecule has 1 amide bonds. The van der Waals surface area contributed by atoms with E-state index in [1.165, 1.54) is 25.5 Å². The third kappa shape index (κ3) is 2.72. The van der Waals surface area contributed by atoms with E-state index < -0.39 is 5.91 Å². The highest BCUT2D eigenvalue weighted by atomic mass is 35.5. The highest BCUT2D eigenvalue weighted by molar-refractivity contribution is 6.32. The maximum Gasteiger partial charge on any atom is 0.262 e. The van der Waals surface area contributed by atoms with Crippen LogP contribution in [0.4, 0.5) is 5.95 Å². The number of amides is 1. The van der Waals surface area contributed by atoms with Crippen LogP contribution in [0, 0.1) is 0 Å². The average molecular weight is 288 g/mol. The molecular formula is C10H7Cl2N3O3. The highest BCUT2D eigenvalue weighted by Gasteiger charge is 2.15. The zero-order chi connectivity index (χ0) is 13.1. The molecule has 94 valence electrons. The number of hydrogen-bond acceptors (Lipinski definition) is 5. The Bertz CT molecular complexity index is 585. The minimum atomic E-state index is -0.502. The molecule has 0 unspecified atom stereocenters. The third-order valence-corrected chi connectivity index (χ3v) is 2.45. The van der Waals surface area contributed by atoms with Gasteiger partial charge in [0.15, 0.2) is 0 Å². The van der Waals surface area contributed by atoms with E-state index in [0.717, 1.165) is 0 Å². The van der Waals surface area contributed by atoms with E-state index in [2.05, 4.69) is 15.3 Å². The van der Waals surface area contributed by atoms with Crippen LogP contribution in [0.25, 0.3) is 0 Å². The molecule has 0 aliphatic carbocycles. The molecule has 0 aliphatic rings. The number of rotatable bonds is 3. The van der Waals surface area contributed by atoms with E-state index in [1.807, 2.05) is 0 Å². The van der Waals surface area contributed by atoms with Crippen LogP contribution >= 0.6 is 23.2 Å². The number of furan rings is 1. The van der Waals surface area contributed by atoms with Gasteiger partial charge in [0.05, 0.1) is 18.9 Å². The average Bonchev–Trinajstić information content (AvgIpc) is 2.74. The minimum absolute atomic E-state index is 0.0125. The summed E-state index contributed by atoms with van der Waals surface area (Å²) in [5.41, 5.74) is 0.180. The SMILES string of the molecule is COc1cc(Cl)nc(NC(=O)c2ccoc2Cl)n1. The van der Waals surface area contributed by atoms with Crippen molar-refractivity contribution in [1.82, 2.24) is 9.97 Å². The number of aromatic nitrogens is 2. The Morgan fingerprint density at radius 2 is 2.22 bits per heavy atom. The Labute approximate surface area is 112 Å². The molecule has 18 heavy (non-hydrogen) atoms. The number of nitrogens with zero attached hydrogens (tertiary/aromatic N) is 2. The fourth-order valence-corrected chi connectivity index (χ4v) is 1.56. The quantitative estimate of drug-likeness (QED) is 0.878. The summed E-state index contributed by atoms with van der Waals surface area (Å²) in [5.74, 6) is -0.247. The van der Waals surface area contributed by atoms with Crippen LogP contribution in [0.15, 0.2) is 22.8 Å². The number of hydrogen-bond donors (Lipinski definition) is 1. The first kappa shape index (κ1) is 12.7. The lowest BCUT2D eigenvalue weighted by molar-refractivity contribution is 0.102. The van der Waals surface area contributed by atoms with Gasteiger partial charge in [0.1, 0.15) is 5.15 Å². The van der Waals surface area contributed by atoms with Gasteiger partial charge in [-0.2, -0.15) is 4.98 Å². The van der Waals surface area contributed by atoms with E-state index >= 15 is 0 Å². The van der Waals surface area contributed by atoms with E-state index in [-0.39, 0.29) is 27.8 Å². The normalized spacial score (nSPS) is 10.2. The number of halogens is 2. The topological polar surface area (TPSA) is 77.2 Å². The van der Waals surface area contributed by atoms with Gasteiger partial charge in [-0.25, -0.2) is 4.98 Å². The van der Waals surface area contributed by atoms with Gasteiger partial charge in [-0.05, 0) is 17.7 Å². The van der Waals surface area contributed by atoms with Gasteiger partial charge in [0.2, 0.25) is 17.0 Å². The van der Waals surface area contributed by atoms with Crippen molar-refractivity contribution in [2.75, 3.05) is 12.4 Å². The number of carbonyl (C=O) groups excluding carboxylic acids is 1. The molecule has 0 saturated heterocycles. The number of carbonyl (C=O) groups is 1. The summed E-state index contributed by atoms with van der Waals surface area (Å²) in [7, 11) is 1.43. The van der Waals surface area contributed by atoms with Crippen molar-refractivity contribution in [2.24, 2.45) is 0 Å². The van der Waals surface area contributed by atoms with Crippen LogP contribution in [-0.4, -0.2) is 23.0 Å². The third-order valence-electron chi connectivity index (χ3n) is 1.97. The lowest BCUT2D eigenvalue weighted by Crippen LogP contribution is -2.14. The zero-order valence-corrected chi connectivity index (χ0v) is 10.6. The van der Waals surface area contributed by atoms with Crippen LogP contribution < -0.4 is 10.1 Å². The van der Waals surface area contributed by atoms with Crippen LogP contribution in [-0.2, 0) is 0 Å². The van der Waals surface area contributed by atoms with Gasteiger partial charge < -0.3 is 9.15 Å². The second kappa shape index (κ2) is 5.24. The first-order chi connectivity index (χ1) is 8.60. The second-order valence-electron chi connectivity index (χ2n) is 3.12. The van der Waals surface area contributed by atoms with Gasteiger partial charge >= 0.3 is 0 Å². The summed E-state index contributed by atoms with van der Waals surface area (Å²) in [6.45, 7) is 0. The fraction of sp³-hybridized carbons (Fsp3) is 0.100. The summed E-state index contributed by atoms with van der Waals surface area (Å²) < 4.78 is 9.71. The smallest absolute Gasteiger partial charge is 0.262 e. The Morgan fingerprint density at radius 1 is 1.44 bits per heavy atom. The molecule has 6 nitrogen and oxygen atoms in total. The highest BCUT2D eigenvalue weighted by Crippen LogP contribution is 2.19. The van der Waals surface area contributed by atoms with Crippen molar-refractivity contribution < 1.29 is 13.9 Å². The Hall–Kier alpha value is -1.79. The summed E-state index contributed by atoms with van der Waals surface area (Å²) in [5, 5.41) is 2.57. The first-order valence-corrected chi connectivity index (χ1v) is 5.48.